The number of aryl methyl sites for hydroxylation is 2. The van der Waals surface area contributed by atoms with Crippen molar-refractivity contribution in [2.45, 2.75) is 33.2 Å². The summed E-state index contributed by atoms with van der Waals surface area (Å²) in [5, 5.41) is 13.9. The van der Waals surface area contributed by atoms with Crippen molar-refractivity contribution in [3.05, 3.63) is 36.0 Å². The number of piperidine rings is 1. The fourth-order valence-electron chi connectivity index (χ4n) is 3.91. The Morgan fingerprint density at radius 2 is 2.15 bits per heavy atom. The van der Waals surface area contributed by atoms with Gasteiger partial charge in [0.25, 0.3) is 0 Å². The molecular formula is C19H26N6O. The highest BCUT2D eigenvalue weighted by molar-refractivity contribution is 5.72. The lowest BCUT2D eigenvalue weighted by molar-refractivity contribution is 0.118. The number of aliphatic hydroxyl groups excluding tert-OH is 1. The predicted octanol–water partition coefficient (Wildman–Crippen LogP) is 1.91. The van der Waals surface area contributed by atoms with Crippen molar-refractivity contribution in [2.75, 3.05) is 26.2 Å². The average Bonchev–Trinajstić information content (AvgIpc) is 3.26. The molecule has 1 fully saturated rings. The van der Waals surface area contributed by atoms with Gasteiger partial charge in [0.05, 0.1) is 11.8 Å². The molecule has 4 heterocycles. The van der Waals surface area contributed by atoms with Crippen LogP contribution < -0.4 is 0 Å². The van der Waals surface area contributed by atoms with E-state index in [1.165, 1.54) is 6.42 Å². The molecule has 3 aromatic heterocycles. The molecule has 7 nitrogen and oxygen atoms in total. The number of imidazole rings is 1. The van der Waals surface area contributed by atoms with E-state index >= 15 is 0 Å². The summed E-state index contributed by atoms with van der Waals surface area (Å²) < 4.78 is 4.05. The van der Waals surface area contributed by atoms with Crippen LogP contribution in [0.25, 0.3) is 17.0 Å². The van der Waals surface area contributed by atoms with Gasteiger partial charge in [0, 0.05) is 50.0 Å². The molecular weight excluding hydrogens is 328 g/mol. The van der Waals surface area contributed by atoms with Crippen molar-refractivity contribution in [3.8, 4) is 11.4 Å². The van der Waals surface area contributed by atoms with Gasteiger partial charge in [-0.3, -0.25) is 0 Å². The number of fused-ring (bicyclic) bond motifs is 1. The number of aromatic nitrogens is 5. The van der Waals surface area contributed by atoms with Crippen LogP contribution >= 0.6 is 0 Å². The third-order valence-corrected chi connectivity index (χ3v) is 5.25. The summed E-state index contributed by atoms with van der Waals surface area (Å²) in [6.07, 6.45) is 8.02. The molecule has 0 aliphatic carbocycles. The molecule has 3 aromatic rings. The molecule has 1 N–H and O–H groups in total. The van der Waals surface area contributed by atoms with Crippen LogP contribution in [0.5, 0.6) is 0 Å². The van der Waals surface area contributed by atoms with Crippen molar-refractivity contribution < 1.29 is 5.11 Å². The van der Waals surface area contributed by atoms with Gasteiger partial charge in [-0.2, -0.15) is 5.10 Å². The predicted molar refractivity (Wildman–Crippen MR) is 99.9 cm³/mol. The second-order valence-electron chi connectivity index (χ2n) is 7.27. The monoisotopic (exact) mass is 354 g/mol. The first-order valence-electron chi connectivity index (χ1n) is 9.32. The largest absolute Gasteiger partial charge is 0.396 e. The van der Waals surface area contributed by atoms with E-state index in [-0.39, 0.29) is 0 Å². The van der Waals surface area contributed by atoms with Crippen LogP contribution in [0.3, 0.4) is 0 Å². The SMILES string of the molecule is Cc1cc(C)n2ncc(-c3nccn3CCN3CCCC(CO)C3)c2n1. The van der Waals surface area contributed by atoms with Gasteiger partial charge in [-0.05, 0) is 45.2 Å². The highest BCUT2D eigenvalue weighted by Crippen LogP contribution is 2.23. The Balaban J connectivity index is 1.56. The van der Waals surface area contributed by atoms with Gasteiger partial charge in [0.1, 0.15) is 5.82 Å². The fraction of sp³-hybridized carbons (Fsp3) is 0.526. The third kappa shape index (κ3) is 3.24. The maximum absolute atomic E-state index is 9.42. The van der Waals surface area contributed by atoms with Crippen molar-refractivity contribution in [1.29, 1.82) is 0 Å². The van der Waals surface area contributed by atoms with Crippen molar-refractivity contribution in [1.82, 2.24) is 29.0 Å². The molecule has 138 valence electrons. The average molecular weight is 354 g/mol. The van der Waals surface area contributed by atoms with Crippen LogP contribution in [0.15, 0.2) is 24.7 Å². The first kappa shape index (κ1) is 17.2. The van der Waals surface area contributed by atoms with Gasteiger partial charge in [-0.25, -0.2) is 14.5 Å². The minimum absolute atomic E-state index is 0.291. The number of nitrogens with zero attached hydrogens (tertiary/aromatic N) is 6. The second kappa shape index (κ2) is 7.17. The molecule has 1 aliphatic heterocycles. The number of hydrogen-bond acceptors (Lipinski definition) is 5. The summed E-state index contributed by atoms with van der Waals surface area (Å²) in [5.74, 6) is 1.33. The number of aliphatic hydroxyl groups is 1. The molecule has 0 spiro atoms. The number of rotatable bonds is 5. The molecule has 0 saturated carbocycles. The van der Waals surface area contributed by atoms with Crippen LogP contribution in [0, 0.1) is 19.8 Å². The fourth-order valence-corrected chi connectivity index (χ4v) is 3.91. The molecule has 1 unspecified atom stereocenters. The Kier molecular flexibility index (Phi) is 4.74. The Morgan fingerprint density at radius 1 is 1.27 bits per heavy atom. The van der Waals surface area contributed by atoms with Gasteiger partial charge in [-0.15, -0.1) is 0 Å². The van der Waals surface area contributed by atoms with Crippen LogP contribution in [0.4, 0.5) is 0 Å². The van der Waals surface area contributed by atoms with Gasteiger partial charge in [0.15, 0.2) is 5.65 Å². The number of likely N-dealkylation sites (tertiary alicyclic amines) is 1. The van der Waals surface area contributed by atoms with Crippen LogP contribution in [-0.4, -0.2) is 60.4 Å². The van der Waals surface area contributed by atoms with E-state index in [0.717, 1.165) is 61.0 Å². The summed E-state index contributed by atoms with van der Waals surface area (Å²) >= 11 is 0. The van der Waals surface area contributed by atoms with E-state index in [2.05, 4.69) is 24.5 Å². The highest BCUT2D eigenvalue weighted by atomic mass is 16.3. The maximum atomic E-state index is 9.42. The smallest absolute Gasteiger partial charge is 0.166 e. The summed E-state index contributed by atoms with van der Waals surface area (Å²) in [4.78, 5) is 11.7. The zero-order valence-electron chi connectivity index (χ0n) is 15.5. The molecule has 26 heavy (non-hydrogen) atoms. The van der Waals surface area contributed by atoms with Crippen LogP contribution in [-0.2, 0) is 6.54 Å². The minimum Gasteiger partial charge on any atom is -0.396 e. The standard InChI is InChI=1S/C19H26N6O/c1-14-10-15(2)25-19(22-14)17(11-21-25)18-20-5-7-24(18)9-8-23-6-3-4-16(12-23)13-26/h5,7,10-11,16,26H,3-4,6,8-9,12-13H2,1-2H3. The molecule has 0 radical (unpaired) electrons. The maximum Gasteiger partial charge on any atom is 0.166 e. The lowest BCUT2D eigenvalue weighted by Gasteiger charge is -2.31. The normalized spacial score (nSPS) is 18.7. The Hall–Kier alpha value is -2.25. The topological polar surface area (TPSA) is 71.5 Å². The first-order chi connectivity index (χ1) is 12.7. The molecule has 0 aromatic carbocycles. The van der Waals surface area contributed by atoms with Crippen molar-refractivity contribution >= 4 is 5.65 Å². The van der Waals surface area contributed by atoms with Crippen molar-refractivity contribution in [3.63, 3.8) is 0 Å². The van der Waals surface area contributed by atoms with Gasteiger partial charge >= 0.3 is 0 Å². The molecule has 1 aliphatic rings. The molecule has 1 saturated heterocycles. The summed E-state index contributed by atoms with van der Waals surface area (Å²) in [5.41, 5.74) is 3.88. The van der Waals surface area contributed by atoms with E-state index in [0.29, 0.717) is 12.5 Å². The zero-order chi connectivity index (χ0) is 18.1. The van der Waals surface area contributed by atoms with E-state index in [4.69, 9.17) is 0 Å². The molecule has 4 rings (SSSR count). The van der Waals surface area contributed by atoms with E-state index in [1.807, 2.05) is 43.0 Å². The van der Waals surface area contributed by atoms with E-state index in [1.54, 1.807) is 0 Å². The van der Waals surface area contributed by atoms with Crippen LogP contribution in [0.2, 0.25) is 0 Å². The lowest BCUT2D eigenvalue weighted by Crippen LogP contribution is -2.38. The molecule has 0 bridgehead atoms. The van der Waals surface area contributed by atoms with Crippen LogP contribution in [0.1, 0.15) is 24.2 Å². The Morgan fingerprint density at radius 3 is 3.00 bits per heavy atom. The Labute approximate surface area is 153 Å². The van der Waals surface area contributed by atoms with E-state index in [9.17, 15) is 5.11 Å². The third-order valence-electron chi connectivity index (χ3n) is 5.25. The zero-order valence-corrected chi connectivity index (χ0v) is 15.5. The summed E-state index contributed by atoms with van der Waals surface area (Å²) in [6.45, 7) is 8.26. The summed E-state index contributed by atoms with van der Waals surface area (Å²) in [6, 6.07) is 2.03. The molecule has 1 atom stereocenters. The van der Waals surface area contributed by atoms with Gasteiger partial charge < -0.3 is 14.6 Å². The van der Waals surface area contributed by atoms with Gasteiger partial charge in [0.2, 0.25) is 0 Å². The quantitative estimate of drug-likeness (QED) is 0.758. The summed E-state index contributed by atoms with van der Waals surface area (Å²) in [7, 11) is 0. The first-order valence-corrected chi connectivity index (χ1v) is 9.32. The Bertz CT molecular complexity index is 899. The highest BCUT2D eigenvalue weighted by Gasteiger charge is 2.20. The minimum atomic E-state index is 0.291. The van der Waals surface area contributed by atoms with Gasteiger partial charge in [-0.1, -0.05) is 0 Å². The van der Waals surface area contributed by atoms with Crippen molar-refractivity contribution in [2.24, 2.45) is 5.92 Å². The lowest BCUT2D eigenvalue weighted by atomic mass is 9.99. The number of hydrogen-bond donors (Lipinski definition) is 1. The van der Waals surface area contributed by atoms with E-state index < -0.39 is 0 Å². The molecule has 0 amide bonds. The molecule has 7 heteroatoms. The second-order valence-corrected chi connectivity index (χ2v) is 7.27.